The molecule has 0 amide bonds. The van der Waals surface area contributed by atoms with Gasteiger partial charge < -0.3 is 9.47 Å². The zero-order chi connectivity index (χ0) is 26.1. The summed E-state index contributed by atoms with van der Waals surface area (Å²) >= 11 is 3.90. The van der Waals surface area contributed by atoms with Gasteiger partial charge in [0.05, 0.1) is 21.8 Å². The maximum Gasteiger partial charge on any atom is 0.282 e. The van der Waals surface area contributed by atoms with Crippen molar-refractivity contribution in [3.8, 4) is 11.5 Å². The topological polar surface area (TPSA) is 65.7 Å². The van der Waals surface area contributed by atoms with Crippen LogP contribution in [0.2, 0.25) is 0 Å². The summed E-state index contributed by atoms with van der Waals surface area (Å²) in [6.45, 7) is 2.88. The fourth-order valence-corrected chi connectivity index (χ4v) is 6.98. The largest absolute Gasteiger partial charge is 0.490 e. The van der Waals surface area contributed by atoms with Crippen molar-refractivity contribution in [2.75, 3.05) is 6.61 Å². The molecule has 6 nitrogen and oxygen atoms in total. The van der Waals surface area contributed by atoms with Gasteiger partial charge in [-0.3, -0.25) is 4.79 Å². The number of hydrogen-bond acceptors (Lipinski definition) is 6. The Labute approximate surface area is 238 Å². The van der Waals surface area contributed by atoms with Crippen molar-refractivity contribution in [3.63, 3.8) is 0 Å². The summed E-state index contributed by atoms with van der Waals surface area (Å²) in [5.74, 6) is 1.34. The van der Waals surface area contributed by atoms with Gasteiger partial charge in [0, 0.05) is 4.88 Å². The van der Waals surface area contributed by atoms with Gasteiger partial charge in [-0.15, -0.1) is 11.3 Å². The molecule has 5 aromatic rings. The Bertz CT molecular complexity index is 1740. The van der Waals surface area contributed by atoms with Gasteiger partial charge in [0.1, 0.15) is 17.8 Å². The summed E-state index contributed by atoms with van der Waals surface area (Å²) in [5, 5.41) is 7.57. The molecule has 8 heteroatoms. The number of hydrogen-bond donors (Lipinski definition) is 0. The first-order chi connectivity index (χ1) is 18.6. The second-order valence-electron chi connectivity index (χ2n) is 9.22. The molecular weight excluding hydrogens is 609 g/mol. The van der Waals surface area contributed by atoms with Crippen LogP contribution in [0, 0.1) is 3.57 Å². The van der Waals surface area contributed by atoms with E-state index in [4.69, 9.17) is 9.47 Å². The lowest BCUT2D eigenvalue weighted by Crippen LogP contribution is -2.18. The molecule has 0 radical (unpaired) electrons. The average molecular weight is 636 g/mol. The lowest BCUT2D eigenvalue weighted by atomic mass is 9.97. The van der Waals surface area contributed by atoms with Crippen LogP contribution in [-0.2, 0) is 19.4 Å². The number of aryl methyl sites for hydroxylation is 2. The summed E-state index contributed by atoms with van der Waals surface area (Å²) in [6.07, 6.45) is 7.45. The van der Waals surface area contributed by atoms with Crippen molar-refractivity contribution < 1.29 is 9.47 Å². The van der Waals surface area contributed by atoms with Crippen molar-refractivity contribution >= 4 is 61.1 Å². The smallest absolute Gasteiger partial charge is 0.282 e. The van der Waals surface area contributed by atoms with E-state index in [1.165, 1.54) is 38.6 Å². The number of rotatable bonds is 7. The van der Waals surface area contributed by atoms with Gasteiger partial charge in [0.15, 0.2) is 11.5 Å². The van der Waals surface area contributed by atoms with E-state index in [-0.39, 0.29) is 5.56 Å². The molecule has 0 spiro atoms. The fourth-order valence-electron chi connectivity index (χ4n) is 4.98. The zero-order valence-electron chi connectivity index (χ0n) is 20.9. The molecule has 38 heavy (non-hydrogen) atoms. The normalized spacial score (nSPS) is 13.3. The standard InChI is InChI=1S/C30H26IN3O3S/c1-2-36-25-15-19(14-24(31)28(25)37-17-21-10-7-9-20-8-3-4-11-22(20)21)16-33-34-18-32-29-27(30(34)35)23-12-5-6-13-26(23)38-29/h3-4,7-11,14-16,18H,2,5-6,12-13,17H2,1H3/b33-16+. The van der Waals surface area contributed by atoms with E-state index in [1.807, 2.05) is 31.2 Å². The predicted molar refractivity (Wildman–Crippen MR) is 162 cm³/mol. The predicted octanol–water partition coefficient (Wildman–Crippen LogP) is 6.95. The molecule has 0 saturated carbocycles. The van der Waals surface area contributed by atoms with Crippen LogP contribution in [0.1, 0.15) is 41.3 Å². The van der Waals surface area contributed by atoms with Crippen LogP contribution in [0.4, 0.5) is 0 Å². The number of benzene rings is 3. The minimum atomic E-state index is -0.111. The van der Waals surface area contributed by atoms with Crippen LogP contribution in [0.25, 0.3) is 21.0 Å². The van der Waals surface area contributed by atoms with Gasteiger partial charge in [0.25, 0.3) is 5.56 Å². The molecular formula is C30H26IN3O3S. The summed E-state index contributed by atoms with van der Waals surface area (Å²) in [4.78, 5) is 19.9. The molecule has 0 fully saturated rings. The van der Waals surface area contributed by atoms with Gasteiger partial charge in [-0.1, -0.05) is 42.5 Å². The third-order valence-corrected chi connectivity index (χ3v) is 8.77. The van der Waals surface area contributed by atoms with E-state index in [0.717, 1.165) is 44.2 Å². The minimum Gasteiger partial charge on any atom is -0.490 e. The monoisotopic (exact) mass is 635 g/mol. The van der Waals surface area contributed by atoms with Crippen LogP contribution in [-0.4, -0.2) is 22.5 Å². The van der Waals surface area contributed by atoms with E-state index in [0.29, 0.717) is 24.7 Å². The number of nitrogens with zero attached hydrogens (tertiary/aromatic N) is 3. The van der Waals surface area contributed by atoms with E-state index >= 15 is 0 Å². The van der Waals surface area contributed by atoms with Gasteiger partial charge in [-0.05, 0) is 94.8 Å². The molecule has 0 aliphatic heterocycles. The van der Waals surface area contributed by atoms with Gasteiger partial charge >= 0.3 is 0 Å². The summed E-state index contributed by atoms with van der Waals surface area (Å²) < 4.78 is 14.5. The molecule has 2 aromatic heterocycles. The highest BCUT2D eigenvalue weighted by Gasteiger charge is 2.20. The Kier molecular flexibility index (Phi) is 7.16. The maximum absolute atomic E-state index is 13.3. The van der Waals surface area contributed by atoms with Crippen molar-refractivity contribution in [2.24, 2.45) is 5.10 Å². The third kappa shape index (κ3) is 4.82. The first-order valence-corrected chi connectivity index (χ1v) is 14.6. The zero-order valence-corrected chi connectivity index (χ0v) is 23.9. The molecule has 2 heterocycles. The molecule has 0 atom stereocenters. The Balaban J connectivity index is 1.29. The summed E-state index contributed by atoms with van der Waals surface area (Å²) in [6, 6.07) is 18.4. The van der Waals surface area contributed by atoms with Crippen LogP contribution in [0.15, 0.2) is 70.8 Å². The SMILES string of the molecule is CCOc1cc(/C=N/n2cnc3sc4c(c3c2=O)CCCC4)cc(I)c1OCc1cccc2ccccc12. The van der Waals surface area contributed by atoms with Crippen molar-refractivity contribution in [3.05, 3.63) is 96.4 Å². The maximum atomic E-state index is 13.3. The van der Waals surface area contributed by atoms with Gasteiger partial charge in [0.2, 0.25) is 0 Å². The molecule has 0 unspecified atom stereocenters. The lowest BCUT2D eigenvalue weighted by molar-refractivity contribution is 0.268. The quantitative estimate of drug-likeness (QED) is 0.143. The summed E-state index contributed by atoms with van der Waals surface area (Å²) in [5.41, 5.74) is 2.99. The number of fused-ring (bicyclic) bond motifs is 4. The molecule has 1 aliphatic carbocycles. The Hall–Kier alpha value is -3.24. The summed E-state index contributed by atoms with van der Waals surface area (Å²) in [7, 11) is 0. The molecule has 0 bridgehead atoms. The highest BCUT2D eigenvalue weighted by molar-refractivity contribution is 14.1. The van der Waals surface area contributed by atoms with Crippen molar-refractivity contribution in [1.29, 1.82) is 0 Å². The van der Waals surface area contributed by atoms with Crippen LogP contribution in [0.5, 0.6) is 11.5 Å². The number of aromatic nitrogens is 2. The molecule has 0 N–H and O–H groups in total. The number of halogens is 1. The first kappa shape index (κ1) is 25.1. The molecule has 6 rings (SSSR count). The van der Waals surface area contributed by atoms with Crippen LogP contribution in [0.3, 0.4) is 0 Å². The minimum absolute atomic E-state index is 0.111. The van der Waals surface area contributed by atoms with Gasteiger partial charge in [-0.2, -0.15) is 9.78 Å². The van der Waals surface area contributed by atoms with E-state index < -0.39 is 0 Å². The van der Waals surface area contributed by atoms with E-state index in [2.05, 4.69) is 63.0 Å². The van der Waals surface area contributed by atoms with Crippen molar-refractivity contribution in [2.45, 2.75) is 39.2 Å². The second-order valence-corrected chi connectivity index (χ2v) is 11.5. The fraction of sp³-hybridized carbons (Fsp3) is 0.233. The molecule has 3 aromatic carbocycles. The highest BCUT2D eigenvalue weighted by Crippen LogP contribution is 2.35. The number of ether oxygens (including phenoxy) is 2. The van der Waals surface area contributed by atoms with Crippen molar-refractivity contribution in [1.82, 2.24) is 9.66 Å². The Morgan fingerprint density at radius 1 is 1.11 bits per heavy atom. The Morgan fingerprint density at radius 3 is 2.84 bits per heavy atom. The van der Waals surface area contributed by atoms with Crippen LogP contribution >= 0.6 is 33.9 Å². The van der Waals surface area contributed by atoms with Crippen LogP contribution < -0.4 is 15.0 Å². The average Bonchev–Trinajstić information content (AvgIpc) is 3.32. The first-order valence-electron chi connectivity index (χ1n) is 12.7. The lowest BCUT2D eigenvalue weighted by Gasteiger charge is -2.15. The molecule has 192 valence electrons. The molecule has 1 aliphatic rings. The van der Waals surface area contributed by atoms with E-state index in [9.17, 15) is 4.79 Å². The number of thiophene rings is 1. The second kappa shape index (κ2) is 10.9. The third-order valence-electron chi connectivity index (χ3n) is 6.77. The highest BCUT2D eigenvalue weighted by atomic mass is 127. The van der Waals surface area contributed by atoms with Gasteiger partial charge in [-0.25, -0.2) is 4.98 Å². The van der Waals surface area contributed by atoms with E-state index in [1.54, 1.807) is 17.6 Å². The molecule has 0 saturated heterocycles. The Morgan fingerprint density at radius 2 is 1.95 bits per heavy atom.